The summed E-state index contributed by atoms with van der Waals surface area (Å²) in [5.41, 5.74) is 4.41. The van der Waals surface area contributed by atoms with Gasteiger partial charge >= 0.3 is 0 Å². The predicted molar refractivity (Wildman–Crippen MR) is 177 cm³/mol. The normalized spacial score (nSPS) is 14.6. The molecular weight excluding hydrogens is 592 g/mol. The fourth-order valence-electron chi connectivity index (χ4n) is 5.85. The third-order valence-electron chi connectivity index (χ3n) is 7.86. The molecule has 4 rings (SSSR count). The zero-order valence-corrected chi connectivity index (χ0v) is 28.0. The summed E-state index contributed by atoms with van der Waals surface area (Å²) < 4.78 is 23.6. The summed E-state index contributed by atoms with van der Waals surface area (Å²) in [5.74, 6) is 1.86. The predicted octanol–water partition coefficient (Wildman–Crippen LogP) is 7.24. The SMILES string of the molecule is CCOc1cc(C(=O)N2CCCC(C(=O)N(C)Cc3cc(C)c(OCc4ccccc4Cl)c(C)c3)C2)cc(OCC)c1OCC. The Bertz CT molecular complexity index is 1440. The number of likely N-dealkylation sites (tertiary alicyclic amines) is 1. The monoisotopic (exact) mass is 636 g/mol. The van der Waals surface area contributed by atoms with E-state index >= 15 is 0 Å². The Hall–Kier alpha value is -3.91. The molecule has 8 nitrogen and oxygen atoms in total. The first kappa shape index (κ1) is 34.0. The number of hydrogen-bond acceptors (Lipinski definition) is 6. The van der Waals surface area contributed by atoms with Gasteiger partial charge in [0.2, 0.25) is 11.7 Å². The highest BCUT2D eigenvalue weighted by Gasteiger charge is 2.32. The number of nitrogens with zero attached hydrogens (tertiary/aromatic N) is 2. The number of amides is 2. The van der Waals surface area contributed by atoms with Gasteiger partial charge in [0.05, 0.1) is 25.7 Å². The first-order valence-electron chi connectivity index (χ1n) is 15.7. The van der Waals surface area contributed by atoms with Gasteiger partial charge in [0.1, 0.15) is 12.4 Å². The van der Waals surface area contributed by atoms with E-state index < -0.39 is 0 Å². The highest BCUT2D eigenvalue weighted by molar-refractivity contribution is 6.31. The molecule has 0 N–H and O–H groups in total. The standard InChI is InChI=1S/C36H45ClN2O6/c1-7-42-31-19-29(20-32(43-8-2)34(31)44-9-3)36(41)39-16-12-14-27(22-39)35(40)38(6)21-26-17-24(4)33(25(5)18-26)45-23-28-13-10-11-15-30(28)37/h10-11,13,15,17-20,27H,7-9,12,14,16,21-23H2,1-6H3. The van der Waals surface area contributed by atoms with Crippen molar-refractivity contribution < 1.29 is 28.5 Å². The Morgan fingerprint density at radius 2 is 1.51 bits per heavy atom. The van der Waals surface area contributed by atoms with Crippen molar-refractivity contribution in [3.05, 3.63) is 81.4 Å². The molecule has 9 heteroatoms. The van der Waals surface area contributed by atoms with Crippen molar-refractivity contribution in [2.45, 2.75) is 60.6 Å². The van der Waals surface area contributed by atoms with Crippen molar-refractivity contribution in [3.63, 3.8) is 0 Å². The van der Waals surface area contributed by atoms with Crippen molar-refractivity contribution >= 4 is 23.4 Å². The van der Waals surface area contributed by atoms with Gasteiger partial charge in [-0.25, -0.2) is 0 Å². The smallest absolute Gasteiger partial charge is 0.254 e. The summed E-state index contributed by atoms with van der Waals surface area (Å²) in [6.07, 6.45) is 1.48. The topological polar surface area (TPSA) is 77.5 Å². The molecule has 0 aromatic heterocycles. The highest BCUT2D eigenvalue weighted by atomic mass is 35.5. The molecule has 0 radical (unpaired) electrons. The fraction of sp³-hybridized carbons (Fsp3) is 0.444. The van der Waals surface area contributed by atoms with E-state index in [0.717, 1.165) is 40.8 Å². The van der Waals surface area contributed by atoms with Crippen LogP contribution in [0.15, 0.2) is 48.5 Å². The van der Waals surface area contributed by atoms with Crippen LogP contribution in [-0.4, -0.2) is 61.6 Å². The van der Waals surface area contributed by atoms with Crippen LogP contribution in [0, 0.1) is 19.8 Å². The van der Waals surface area contributed by atoms with Crippen LogP contribution in [0.2, 0.25) is 5.02 Å². The Kier molecular flexibility index (Phi) is 12.0. The summed E-state index contributed by atoms with van der Waals surface area (Å²) in [7, 11) is 1.82. The summed E-state index contributed by atoms with van der Waals surface area (Å²) in [5, 5.41) is 0.678. The summed E-state index contributed by atoms with van der Waals surface area (Å²) in [4.78, 5) is 30.9. The third-order valence-corrected chi connectivity index (χ3v) is 8.23. The van der Waals surface area contributed by atoms with Gasteiger partial charge in [-0.2, -0.15) is 0 Å². The first-order valence-corrected chi connectivity index (χ1v) is 16.1. The number of carbonyl (C=O) groups excluding carboxylic acids is 2. The lowest BCUT2D eigenvalue weighted by Crippen LogP contribution is -2.45. The molecule has 1 atom stereocenters. The van der Waals surface area contributed by atoms with Crippen LogP contribution in [0.1, 0.15) is 66.2 Å². The van der Waals surface area contributed by atoms with Crippen molar-refractivity contribution in [2.24, 2.45) is 5.92 Å². The quantitative estimate of drug-likeness (QED) is 0.197. The fourth-order valence-corrected chi connectivity index (χ4v) is 6.04. The average molecular weight is 637 g/mol. The van der Waals surface area contributed by atoms with Gasteiger partial charge < -0.3 is 28.7 Å². The van der Waals surface area contributed by atoms with E-state index in [2.05, 4.69) is 12.1 Å². The minimum atomic E-state index is -0.284. The number of carbonyl (C=O) groups is 2. The summed E-state index contributed by atoms with van der Waals surface area (Å²) >= 11 is 6.30. The molecule has 0 spiro atoms. The maximum atomic E-state index is 13.7. The molecule has 1 unspecified atom stereocenters. The molecule has 1 aliphatic rings. The number of ether oxygens (including phenoxy) is 4. The van der Waals surface area contributed by atoms with Crippen molar-refractivity contribution in [2.75, 3.05) is 40.0 Å². The van der Waals surface area contributed by atoms with E-state index in [4.69, 9.17) is 30.5 Å². The third kappa shape index (κ3) is 8.42. The summed E-state index contributed by atoms with van der Waals surface area (Å²) in [6.45, 7) is 12.8. The molecule has 0 saturated carbocycles. The first-order chi connectivity index (χ1) is 21.7. The Balaban J connectivity index is 1.43. The lowest BCUT2D eigenvalue weighted by atomic mass is 9.95. The van der Waals surface area contributed by atoms with Crippen molar-refractivity contribution in [3.8, 4) is 23.0 Å². The van der Waals surface area contributed by atoms with Gasteiger partial charge in [-0.3, -0.25) is 9.59 Å². The van der Waals surface area contributed by atoms with Crippen molar-refractivity contribution in [1.82, 2.24) is 9.80 Å². The van der Waals surface area contributed by atoms with Gasteiger partial charge in [-0.15, -0.1) is 0 Å². The van der Waals surface area contributed by atoms with E-state index in [9.17, 15) is 9.59 Å². The van der Waals surface area contributed by atoms with Crippen LogP contribution in [0.3, 0.4) is 0 Å². The number of halogens is 1. The molecule has 0 aliphatic carbocycles. The largest absolute Gasteiger partial charge is 0.490 e. The lowest BCUT2D eigenvalue weighted by Gasteiger charge is -2.34. The maximum absolute atomic E-state index is 13.7. The van der Waals surface area contributed by atoms with E-state index in [0.29, 0.717) is 73.9 Å². The molecule has 3 aromatic carbocycles. The molecule has 1 saturated heterocycles. The second-order valence-corrected chi connectivity index (χ2v) is 11.7. The molecule has 0 bridgehead atoms. The molecule has 242 valence electrons. The van der Waals surface area contributed by atoms with Crippen molar-refractivity contribution in [1.29, 1.82) is 0 Å². The van der Waals surface area contributed by atoms with Crippen LogP contribution in [0.5, 0.6) is 23.0 Å². The number of benzene rings is 3. The van der Waals surface area contributed by atoms with Gasteiger partial charge in [-0.1, -0.05) is 41.9 Å². The van der Waals surface area contributed by atoms with E-state index in [1.165, 1.54) is 0 Å². The van der Waals surface area contributed by atoms with Gasteiger partial charge in [0.15, 0.2) is 11.5 Å². The molecule has 45 heavy (non-hydrogen) atoms. The Morgan fingerprint density at radius 3 is 2.11 bits per heavy atom. The zero-order chi connectivity index (χ0) is 32.5. The zero-order valence-electron chi connectivity index (χ0n) is 27.3. The van der Waals surface area contributed by atoms with Gasteiger partial charge in [0, 0.05) is 42.8 Å². The minimum Gasteiger partial charge on any atom is -0.490 e. The Morgan fingerprint density at radius 1 is 0.889 bits per heavy atom. The second kappa shape index (κ2) is 15.9. The molecule has 2 amide bonds. The number of piperidine rings is 1. The van der Waals surface area contributed by atoms with Crippen LogP contribution in [-0.2, 0) is 17.9 Å². The number of rotatable bonds is 13. The molecule has 1 heterocycles. The highest BCUT2D eigenvalue weighted by Crippen LogP contribution is 2.40. The molecule has 1 fully saturated rings. The number of aryl methyl sites for hydroxylation is 2. The second-order valence-electron chi connectivity index (χ2n) is 11.3. The lowest BCUT2D eigenvalue weighted by molar-refractivity contribution is -0.136. The van der Waals surface area contributed by atoms with Gasteiger partial charge in [-0.05, 0) is 82.3 Å². The number of hydrogen-bond donors (Lipinski definition) is 0. The molecule has 1 aliphatic heterocycles. The van der Waals surface area contributed by atoms with Crippen LogP contribution in [0.4, 0.5) is 0 Å². The minimum absolute atomic E-state index is 0.0264. The summed E-state index contributed by atoms with van der Waals surface area (Å²) in [6, 6.07) is 15.2. The van der Waals surface area contributed by atoms with Crippen LogP contribution in [0.25, 0.3) is 0 Å². The average Bonchev–Trinajstić information content (AvgIpc) is 3.02. The van der Waals surface area contributed by atoms with E-state index in [1.54, 1.807) is 21.9 Å². The Labute approximate surface area is 272 Å². The molecule has 3 aromatic rings. The van der Waals surface area contributed by atoms with Crippen LogP contribution >= 0.6 is 11.6 Å². The van der Waals surface area contributed by atoms with Gasteiger partial charge in [0.25, 0.3) is 5.91 Å². The van der Waals surface area contributed by atoms with E-state index in [-0.39, 0.29) is 17.7 Å². The maximum Gasteiger partial charge on any atom is 0.254 e. The van der Waals surface area contributed by atoms with E-state index in [1.807, 2.05) is 65.9 Å². The molecular formula is C36H45ClN2O6. The van der Waals surface area contributed by atoms with Crippen LogP contribution < -0.4 is 18.9 Å².